The molecule has 0 aromatic heterocycles. The van der Waals surface area contributed by atoms with Crippen LogP contribution in [0.3, 0.4) is 0 Å². The summed E-state index contributed by atoms with van der Waals surface area (Å²) < 4.78 is 5.17. The molecule has 3 N–H and O–H groups in total. The molecule has 0 saturated carbocycles. The zero-order valence-corrected chi connectivity index (χ0v) is 15.5. The smallest absolute Gasteiger partial charge is 0.340 e. The lowest BCUT2D eigenvalue weighted by molar-refractivity contribution is -0.125. The van der Waals surface area contributed by atoms with Crippen molar-refractivity contribution in [3.05, 3.63) is 65.7 Å². The van der Waals surface area contributed by atoms with Crippen molar-refractivity contribution in [2.75, 3.05) is 25.1 Å². The minimum absolute atomic E-state index is 0.0515. The van der Waals surface area contributed by atoms with Crippen LogP contribution in [0, 0.1) is 0 Å². The Morgan fingerprint density at radius 3 is 2.48 bits per heavy atom. The average Bonchev–Trinajstić information content (AvgIpc) is 2.71. The van der Waals surface area contributed by atoms with Gasteiger partial charge in [0.25, 0.3) is 5.91 Å². The number of anilines is 1. The Morgan fingerprint density at radius 2 is 1.78 bits per heavy atom. The number of carbonyl (C=O) groups excluding carboxylic acids is 2. The largest absolute Gasteiger partial charge is 0.452 e. The van der Waals surface area contributed by atoms with Crippen LogP contribution < -0.4 is 10.6 Å². The number of ether oxygens (including phenoxy) is 1. The molecule has 1 atom stereocenters. The van der Waals surface area contributed by atoms with Crippen LogP contribution in [-0.2, 0) is 9.53 Å². The van der Waals surface area contributed by atoms with Crippen LogP contribution in [0.1, 0.15) is 41.7 Å². The molecule has 0 spiro atoms. The summed E-state index contributed by atoms with van der Waals surface area (Å²) >= 11 is 0. The van der Waals surface area contributed by atoms with Crippen molar-refractivity contribution in [2.24, 2.45) is 0 Å². The van der Waals surface area contributed by atoms with Crippen molar-refractivity contribution >= 4 is 17.6 Å². The van der Waals surface area contributed by atoms with Crippen molar-refractivity contribution in [3.63, 3.8) is 0 Å². The Kier molecular flexibility index (Phi) is 8.32. The molecule has 0 aliphatic carbocycles. The maximum atomic E-state index is 12.3. The predicted octanol–water partition coefficient (Wildman–Crippen LogP) is 2.91. The highest BCUT2D eigenvalue weighted by molar-refractivity contribution is 5.96. The second-order valence-electron chi connectivity index (χ2n) is 6.09. The molecule has 0 bridgehead atoms. The first-order valence-electron chi connectivity index (χ1n) is 9.11. The van der Waals surface area contributed by atoms with E-state index < -0.39 is 5.97 Å². The standard InChI is InChI=1S/C21H26N2O4/c1-2-8-18(16-9-4-3-5-10-16)23-20(25)15-27-21(26)17-11-6-7-12-19(17)22-13-14-24/h3-7,9-12,18,22,24H,2,8,13-15H2,1H3,(H,23,25). The van der Waals surface area contributed by atoms with Gasteiger partial charge in [0.05, 0.1) is 18.2 Å². The van der Waals surface area contributed by atoms with Crippen LogP contribution in [0.4, 0.5) is 5.69 Å². The molecule has 0 aliphatic heterocycles. The lowest BCUT2D eigenvalue weighted by Crippen LogP contribution is -2.32. The van der Waals surface area contributed by atoms with Gasteiger partial charge in [0.1, 0.15) is 0 Å². The van der Waals surface area contributed by atoms with Gasteiger partial charge in [-0.3, -0.25) is 4.79 Å². The molecule has 0 heterocycles. The molecule has 6 heteroatoms. The van der Waals surface area contributed by atoms with Gasteiger partial charge in [0.2, 0.25) is 0 Å². The first kappa shape index (κ1) is 20.5. The summed E-state index contributed by atoms with van der Waals surface area (Å²) in [6.45, 7) is 1.98. The molecule has 2 aromatic carbocycles. The fraction of sp³-hybridized carbons (Fsp3) is 0.333. The fourth-order valence-electron chi connectivity index (χ4n) is 2.75. The van der Waals surface area contributed by atoms with Crippen LogP contribution in [0.5, 0.6) is 0 Å². The van der Waals surface area contributed by atoms with Gasteiger partial charge < -0.3 is 20.5 Å². The van der Waals surface area contributed by atoms with E-state index in [0.717, 1.165) is 18.4 Å². The summed E-state index contributed by atoms with van der Waals surface area (Å²) in [6.07, 6.45) is 1.72. The molecule has 0 radical (unpaired) electrons. The minimum Gasteiger partial charge on any atom is -0.452 e. The monoisotopic (exact) mass is 370 g/mol. The third kappa shape index (κ3) is 6.42. The van der Waals surface area contributed by atoms with E-state index in [-0.39, 0.29) is 25.2 Å². The number of hydrogen-bond donors (Lipinski definition) is 3. The van der Waals surface area contributed by atoms with Crippen LogP contribution >= 0.6 is 0 Å². The second kappa shape index (κ2) is 11.0. The number of benzene rings is 2. The van der Waals surface area contributed by atoms with Gasteiger partial charge >= 0.3 is 5.97 Å². The molecular weight excluding hydrogens is 344 g/mol. The minimum atomic E-state index is -0.585. The van der Waals surface area contributed by atoms with Gasteiger partial charge in [-0.2, -0.15) is 0 Å². The van der Waals surface area contributed by atoms with Gasteiger partial charge in [-0.05, 0) is 24.1 Å². The molecule has 0 aliphatic rings. The maximum absolute atomic E-state index is 12.3. The van der Waals surface area contributed by atoms with Gasteiger partial charge in [-0.25, -0.2) is 4.79 Å². The Hall–Kier alpha value is -2.86. The number of esters is 1. The summed E-state index contributed by atoms with van der Waals surface area (Å²) in [5.74, 6) is -0.926. The van der Waals surface area contributed by atoms with Crippen molar-refractivity contribution in [3.8, 4) is 0 Å². The third-order valence-corrected chi connectivity index (χ3v) is 4.02. The summed E-state index contributed by atoms with van der Waals surface area (Å²) in [6, 6.07) is 16.4. The van der Waals surface area contributed by atoms with Crippen molar-refractivity contribution < 1.29 is 19.4 Å². The Labute approximate surface area is 159 Å². The van der Waals surface area contributed by atoms with Crippen molar-refractivity contribution in [1.82, 2.24) is 5.32 Å². The summed E-state index contributed by atoms with van der Waals surface area (Å²) in [5.41, 5.74) is 1.91. The lowest BCUT2D eigenvalue weighted by atomic mass is 10.0. The number of aliphatic hydroxyl groups excluding tert-OH is 1. The second-order valence-corrected chi connectivity index (χ2v) is 6.09. The van der Waals surface area contributed by atoms with Crippen molar-refractivity contribution in [2.45, 2.75) is 25.8 Å². The molecule has 6 nitrogen and oxygen atoms in total. The van der Waals surface area contributed by atoms with E-state index >= 15 is 0 Å². The normalized spacial score (nSPS) is 11.5. The quantitative estimate of drug-likeness (QED) is 0.560. The highest BCUT2D eigenvalue weighted by Crippen LogP contribution is 2.18. The Balaban J connectivity index is 1.93. The highest BCUT2D eigenvalue weighted by atomic mass is 16.5. The van der Waals surface area contributed by atoms with Gasteiger partial charge in [-0.15, -0.1) is 0 Å². The van der Waals surface area contributed by atoms with E-state index in [4.69, 9.17) is 9.84 Å². The van der Waals surface area contributed by atoms with Crippen LogP contribution in [0.2, 0.25) is 0 Å². The Bertz CT molecular complexity index is 734. The number of para-hydroxylation sites is 1. The Morgan fingerprint density at radius 1 is 1.07 bits per heavy atom. The average molecular weight is 370 g/mol. The third-order valence-electron chi connectivity index (χ3n) is 4.02. The molecule has 27 heavy (non-hydrogen) atoms. The first-order chi connectivity index (χ1) is 13.2. The SMILES string of the molecule is CCCC(NC(=O)COC(=O)c1ccccc1NCCO)c1ccccc1. The molecule has 1 unspecified atom stereocenters. The molecule has 2 rings (SSSR count). The molecule has 1 amide bonds. The van der Waals surface area contributed by atoms with E-state index in [1.54, 1.807) is 24.3 Å². The first-order valence-corrected chi connectivity index (χ1v) is 9.11. The van der Waals surface area contributed by atoms with E-state index in [1.807, 2.05) is 30.3 Å². The van der Waals surface area contributed by atoms with E-state index in [0.29, 0.717) is 17.8 Å². The molecular formula is C21H26N2O4. The summed E-state index contributed by atoms with van der Waals surface area (Å²) in [5, 5.41) is 14.8. The molecule has 2 aromatic rings. The van der Waals surface area contributed by atoms with Gasteiger partial charge in [-0.1, -0.05) is 55.8 Å². The zero-order chi connectivity index (χ0) is 19.5. The van der Waals surface area contributed by atoms with Crippen LogP contribution in [-0.4, -0.2) is 36.7 Å². The van der Waals surface area contributed by atoms with E-state index in [2.05, 4.69) is 17.6 Å². The summed E-state index contributed by atoms with van der Waals surface area (Å²) in [7, 11) is 0. The number of rotatable bonds is 10. The number of nitrogens with one attached hydrogen (secondary N) is 2. The zero-order valence-electron chi connectivity index (χ0n) is 15.5. The van der Waals surface area contributed by atoms with Crippen LogP contribution in [0.15, 0.2) is 54.6 Å². The van der Waals surface area contributed by atoms with Crippen molar-refractivity contribution in [1.29, 1.82) is 0 Å². The van der Waals surface area contributed by atoms with Gasteiger partial charge in [0, 0.05) is 12.2 Å². The van der Waals surface area contributed by atoms with E-state index in [1.165, 1.54) is 0 Å². The molecule has 144 valence electrons. The molecule has 0 fully saturated rings. The highest BCUT2D eigenvalue weighted by Gasteiger charge is 2.17. The maximum Gasteiger partial charge on any atom is 0.340 e. The number of amides is 1. The summed E-state index contributed by atoms with van der Waals surface area (Å²) in [4.78, 5) is 24.6. The predicted molar refractivity (Wildman–Crippen MR) is 105 cm³/mol. The van der Waals surface area contributed by atoms with Gasteiger partial charge in [0.15, 0.2) is 6.61 Å². The lowest BCUT2D eigenvalue weighted by Gasteiger charge is -2.18. The molecule has 0 saturated heterocycles. The van der Waals surface area contributed by atoms with E-state index in [9.17, 15) is 9.59 Å². The van der Waals surface area contributed by atoms with Crippen LogP contribution in [0.25, 0.3) is 0 Å². The fourth-order valence-corrected chi connectivity index (χ4v) is 2.75. The number of aliphatic hydroxyl groups is 1. The number of hydrogen-bond acceptors (Lipinski definition) is 5. The topological polar surface area (TPSA) is 87.7 Å². The number of carbonyl (C=O) groups is 2.